The molecule has 1 aromatic heterocycles. The van der Waals surface area contributed by atoms with E-state index in [1.807, 2.05) is 6.92 Å². The van der Waals surface area contributed by atoms with E-state index in [1.165, 1.54) is 0 Å². The zero-order valence-electron chi connectivity index (χ0n) is 14.6. The Morgan fingerprint density at radius 1 is 1.08 bits per heavy atom. The minimum absolute atomic E-state index is 0.185. The van der Waals surface area contributed by atoms with Crippen LogP contribution in [0.25, 0.3) is 11.4 Å². The van der Waals surface area contributed by atoms with Crippen molar-refractivity contribution in [2.75, 3.05) is 7.11 Å². The lowest BCUT2D eigenvalue weighted by Gasteiger charge is -2.10. The number of aromatic nitrogens is 2. The van der Waals surface area contributed by atoms with E-state index in [4.69, 9.17) is 9.26 Å². The molecule has 0 saturated heterocycles. The number of rotatable bonds is 6. The van der Waals surface area contributed by atoms with Gasteiger partial charge in [-0.2, -0.15) is 9.71 Å². The monoisotopic (exact) mass is 373 g/mol. The molecule has 136 valence electrons. The van der Waals surface area contributed by atoms with E-state index in [0.717, 1.165) is 16.9 Å². The molecule has 0 fully saturated rings. The predicted molar refractivity (Wildman–Crippen MR) is 96.2 cm³/mol. The van der Waals surface area contributed by atoms with Crippen molar-refractivity contribution in [1.29, 1.82) is 0 Å². The predicted octanol–water partition coefficient (Wildman–Crippen LogP) is 3.09. The number of hydrogen-bond acceptors (Lipinski definition) is 6. The Hall–Kier alpha value is -2.71. The molecule has 0 saturated carbocycles. The van der Waals surface area contributed by atoms with Crippen molar-refractivity contribution in [2.45, 2.75) is 24.8 Å². The van der Waals surface area contributed by atoms with E-state index >= 15 is 0 Å². The number of nitrogens with zero attached hydrogens (tertiary/aromatic N) is 2. The van der Waals surface area contributed by atoms with Crippen LogP contribution in [0.2, 0.25) is 0 Å². The third kappa shape index (κ3) is 3.92. The number of benzene rings is 2. The maximum atomic E-state index is 12.5. The summed E-state index contributed by atoms with van der Waals surface area (Å²) < 4.78 is 37.8. The molecule has 1 atom stereocenters. The number of aryl methyl sites for hydroxylation is 1. The van der Waals surface area contributed by atoms with Gasteiger partial charge in [0.05, 0.1) is 18.0 Å². The first-order valence-corrected chi connectivity index (χ1v) is 9.44. The highest BCUT2D eigenvalue weighted by molar-refractivity contribution is 7.89. The topological polar surface area (TPSA) is 94.3 Å². The summed E-state index contributed by atoms with van der Waals surface area (Å²) in [4.78, 5) is 4.47. The fourth-order valence-electron chi connectivity index (χ4n) is 2.34. The lowest BCUT2D eigenvalue weighted by Crippen LogP contribution is -2.27. The van der Waals surface area contributed by atoms with E-state index < -0.39 is 16.1 Å². The number of nitrogens with one attached hydrogen (secondary N) is 1. The zero-order chi connectivity index (χ0) is 18.7. The first-order valence-electron chi connectivity index (χ1n) is 7.96. The number of ether oxygens (including phenoxy) is 1. The molecule has 26 heavy (non-hydrogen) atoms. The molecule has 1 N–H and O–H groups in total. The molecule has 0 aliphatic rings. The molecule has 0 radical (unpaired) electrons. The van der Waals surface area contributed by atoms with Crippen LogP contribution in [0.4, 0.5) is 0 Å². The second kappa shape index (κ2) is 7.27. The van der Waals surface area contributed by atoms with E-state index in [1.54, 1.807) is 62.6 Å². The van der Waals surface area contributed by atoms with Crippen molar-refractivity contribution in [1.82, 2.24) is 14.9 Å². The zero-order valence-corrected chi connectivity index (χ0v) is 15.4. The van der Waals surface area contributed by atoms with Crippen molar-refractivity contribution in [2.24, 2.45) is 0 Å². The van der Waals surface area contributed by atoms with Gasteiger partial charge in [0.15, 0.2) is 0 Å². The van der Waals surface area contributed by atoms with Gasteiger partial charge in [0, 0.05) is 5.56 Å². The normalized spacial score (nSPS) is 12.7. The van der Waals surface area contributed by atoms with Crippen molar-refractivity contribution in [3.8, 4) is 17.1 Å². The van der Waals surface area contributed by atoms with Gasteiger partial charge in [0.25, 0.3) is 0 Å². The molecule has 3 aromatic rings. The Morgan fingerprint density at radius 3 is 2.35 bits per heavy atom. The van der Waals surface area contributed by atoms with Crippen LogP contribution < -0.4 is 9.46 Å². The average Bonchev–Trinajstić information content (AvgIpc) is 3.12. The van der Waals surface area contributed by atoms with Crippen LogP contribution in [0, 0.1) is 6.92 Å². The molecule has 7 nitrogen and oxygen atoms in total. The second-order valence-electron chi connectivity index (χ2n) is 5.84. The number of hydrogen-bond donors (Lipinski definition) is 1. The summed E-state index contributed by atoms with van der Waals surface area (Å²) in [6.07, 6.45) is 0. The van der Waals surface area contributed by atoms with Gasteiger partial charge < -0.3 is 9.26 Å². The van der Waals surface area contributed by atoms with Gasteiger partial charge in [0.1, 0.15) is 5.75 Å². The molecule has 0 bridgehead atoms. The lowest BCUT2D eigenvalue weighted by atomic mass is 10.2. The Labute approximate surface area is 152 Å². The van der Waals surface area contributed by atoms with E-state index in [2.05, 4.69) is 14.9 Å². The van der Waals surface area contributed by atoms with Crippen LogP contribution >= 0.6 is 0 Å². The smallest absolute Gasteiger partial charge is 0.244 e. The van der Waals surface area contributed by atoms with Crippen molar-refractivity contribution >= 4 is 10.0 Å². The largest absolute Gasteiger partial charge is 0.497 e. The Morgan fingerprint density at radius 2 is 1.73 bits per heavy atom. The van der Waals surface area contributed by atoms with Crippen LogP contribution in [0.5, 0.6) is 5.75 Å². The standard InChI is InChI=1S/C18H19N3O4S/c1-12-4-10-16(11-5-12)26(22,23)21-13(2)18-19-17(20-25-18)14-6-8-15(24-3)9-7-14/h4-11,13,21H,1-3H3/t13-/m1/s1. The Balaban J connectivity index is 1.77. The van der Waals surface area contributed by atoms with Gasteiger partial charge >= 0.3 is 0 Å². The van der Waals surface area contributed by atoms with Crippen LogP contribution in [0.1, 0.15) is 24.4 Å². The van der Waals surface area contributed by atoms with Crippen molar-refractivity contribution in [3.05, 3.63) is 60.0 Å². The molecule has 3 rings (SSSR count). The second-order valence-corrected chi connectivity index (χ2v) is 7.55. The maximum absolute atomic E-state index is 12.5. The van der Waals surface area contributed by atoms with Crippen LogP contribution in [0.15, 0.2) is 57.9 Å². The number of sulfonamides is 1. The molecule has 1 heterocycles. The van der Waals surface area contributed by atoms with Gasteiger partial charge in [-0.25, -0.2) is 8.42 Å². The Bertz CT molecular complexity index is 980. The van der Waals surface area contributed by atoms with Crippen LogP contribution in [-0.4, -0.2) is 25.7 Å². The highest BCUT2D eigenvalue weighted by Gasteiger charge is 2.22. The molecule has 0 amide bonds. The number of methoxy groups -OCH3 is 1. The summed E-state index contributed by atoms with van der Waals surface area (Å²) in [6.45, 7) is 3.54. The van der Waals surface area contributed by atoms with E-state index in [-0.39, 0.29) is 10.8 Å². The van der Waals surface area contributed by atoms with Crippen LogP contribution in [-0.2, 0) is 10.0 Å². The third-order valence-electron chi connectivity index (χ3n) is 3.82. The third-order valence-corrected chi connectivity index (χ3v) is 5.38. The van der Waals surface area contributed by atoms with Crippen LogP contribution in [0.3, 0.4) is 0 Å². The van der Waals surface area contributed by atoms with Crippen molar-refractivity contribution < 1.29 is 17.7 Å². The molecule has 0 unspecified atom stereocenters. The lowest BCUT2D eigenvalue weighted by molar-refractivity contribution is 0.354. The quantitative estimate of drug-likeness (QED) is 0.713. The fraction of sp³-hybridized carbons (Fsp3) is 0.222. The average molecular weight is 373 g/mol. The summed E-state index contributed by atoms with van der Waals surface area (Å²) in [6, 6.07) is 13.1. The van der Waals surface area contributed by atoms with Gasteiger partial charge in [0.2, 0.25) is 21.7 Å². The summed E-state index contributed by atoms with van der Waals surface area (Å²) in [5.74, 6) is 1.28. The summed E-state index contributed by atoms with van der Waals surface area (Å²) in [7, 11) is -2.10. The molecule has 2 aromatic carbocycles. The first kappa shape index (κ1) is 18.1. The van der Waals surface area contributed by atoms with Crippen molar-refractivity contribution in [3.63, 3.8) is 0 Å². The van der Waals surface area contributed by atoms with Gasteiger partial charge in [-0.3, -0.25) is 0 Å². The minimum atomic E-state index is -3.68. The molecular formula is C18H19N3O4S. The van der Waals surface area contributed by atoms with E-state index in [9.17, 15) is 8.42 Å². The molecule has 0 aliphatic carbocycles. The molecule has 0 spiro atoms. The first-order chi connectivity index (χ1) is 12.4. The maximum Gasteiger partial charge on any atom is 0.244 e. The highest BCUT2D eigenvalue weighted by atomic mass is 32.2. The van der Waals surface area contributed by atoms with Gasteiger partial charge in [-0.15, -0.1) is 0 Å². The summed E-state index contributed by atoms with van der Waals surface area (Å²) >= 11 is 0. The minimum Gasteiger partial charge on any atom is -0.497 e. The molecule has 0 aliphatic heterocycles. The van der Waals surface area contributed by atoms with Gasteiger partial charge in [-0.1, -0.05) is 22.9 Å². The highest BCUT2D eigenvalue weighted by Crippen LogP contribution is 2.22. The summed E-state index contributed by atoms with van der Waals surface area (Å²) in [5.41, 5.74) is 1.73. The summed E-state index contributed by atoms with van der Waals surface area (Å²) in [5, 5.41) is 3.92. The SMILES string of the molecule is COc1ccc(-c2noc([C@@H](C)NS(=O)(=O)c3ccc(C)cc3)n2)cc1. The Kier molecular flexibility index (Phi) is 5.06. The van der Waals surface area contributed by atoms with Gasteiger partial charge in [-0.05, 0) is 50.2 Å². The molecule has 8 heteroatoms. The molecular weight excluding hydrogens is 354 g/mol. The fourth-order valence-corrected chi connectivity index (χ4v) is 3.53. The van der Waals surface area contributed by atoms with E-state index in [0.29, 0.717) is 5.82 Å².